The molecule has 1 unspecified atom stereocenters. The number of likely N-dealkylation sites (tertiary alicyclic amines) is 1. The number of methoxy groups -OCH3 is 1. The van der Waals surface area contributed by atoms with Crippen molar-refractivity contribution in [2.45, 2.75) is 57.3 Å². The van der Waals surface area contributed by atoms with E-state index in [4.69, 9.17) is 4.74 Å². The summed E-state index contributed by atoms with van der Waals surface area (Å²) in [6.45, 7) is 3.45. The Bertz CT molecular complexity index is 1540. The number of piperidine rings is 1. The first-order chi connectivity index (χ1) is 21.4. The highest BCUT2D eigenvalue weighted by atomic mass is 32.1. The van der Waals surface area contributed by atoms with E-state index < -0.39 is 12.1 Å². The van der Waals surface area contributed by atoms with Crippen LogP contribution in [0, 0.1) is 6.92 Å². The molecule has 230 valence electrons. The highest BCUT2D eigenvalue weighted by Gasteiger charge is 2.31. The Kier molecular flexibility index (Phi) is 10.8. The lowest BCUT2D eigenvalue weighted by Crippen LogP contribution is -2.48. The number of aromatic nitrogens is 1. The minimum Gasteiger partial charge on any atom is -0.497 e. The molecule has 0 spiro atoms. The summed E-state index contributed by atoms with van der Waals surface area (Å²) in [5, 5.41) is 20.6. The molecule has 0 bridgehead atoms. The van der Waals surface area contributed by atoms with Gasteiger partial charge in [-0.05, 0) is 74.1 Å². The van der Waals surface area contributed by atoms with Crippen LogP contribution in [0.5, 0.6) is 5.75 Å². The van der Waals surface area contributed by atoms with Crippen LogP contribution in [-0.4, -0.2) is 59.1 Å². The summed E-state index contributed by atoms with van der Waals surface area (Å²) in [4.78, 5) is 33.9. The second-order valence-corrected chi connectivity index (χ2v) is 12.1. The predicted octanol–water partition coefficient (Wildman–Crippen LogP) is 5.32. The molecular formula is C35H40N4O4S. The molecule has 3 atom stereocenters. The molecule has 1 aromatic heterocycles. The topological polar surface area (TPSA) is 104 Å². The van der Waals surface area contributed by atoms with E-state index in [1.807, 2.05) is 71.8 Å². The molecule has 1 fully saturated rings. The van der Waals surface area contributed by atoms with Crippen molar-refractivity contribution in [1.82, 2.24) is 20.5 Å². The maximum absolute atomic E-state index is 13.7. The van der Waals surface area contributed by atoms with Gasteiger partial charge in [-0.2, -0.15) is 0 Å². The first-order valence-corrected chi connectivity index (χ1v) is 16.0. The van der Waals surface area contributed by atoms with Crippen molar-refractivity contribution in [3.63, 3.8) is 0 Å². The van der Waals surface area contributed by atoms with Crippen molar-refractivity contribution in [3.05, 3.63) is 117 Å². The number of rotatable bonds is 12. The van der Waals surface area contributed by atoms with Crippen LogP contribution in [0.25, 0.3) is 0 Å². The number of nitrogens with one attached hydrogen (secondary N) is 2. The van der Waals surface area contributed by atoms with Crippen molar-refractivity contribution >= 4 is 23.2 Å². The number of aliphatic hydroxyl groups is 1. The molecule has 5 rings (SSSR count). The van der Waals surface area contributed by atoms with Crippen LogP contribution >= 0.6 is 11.3 Å². The molecule has 0 aliphatic carbocycles. The summed E-state index contributed by atoms with van der Waals surface area (Å²) in [7, 11) is 1.63. The Morgan fingerprint density at radius 2 is 1.80 bits per heavy atom. The van der Waals surface area contributed by atoms with Crippen molar-refractivity contribution < 1.29 is 19.4 Å². The number of carbonyl (C=O) groups is 2. The first-order valence-electron chi connectivity index (χ1n) is 15.1. The standard InChI is InChI=1S/C35H40N4O4S/c1-24-23-44-34(37-24)31-16-6-7-17-39(31)35(42)28-14-9-13-27(20-28)33(41)38-30(19-25-10-4-3-5-11-25)32(40)22-36-21-26-12-8-15-29(18-26)43-2/h3-5,8-15,18,20,23,30-32,36,40H,6-7,16-17,19,21-22H2,1-2H3,(H,38,41)/t30-,31?,32+/m0/s1. The van der Waals surface area contributed by atoms with Crippen LogP contribution in [0.4, 0.5) is 0 Å². The van der Waals surface area contributed by atoms with E-state index in [0.717, 1.165) is 46.8 Å². The van der Waals surface area contributed by atoms with Crippen LogP contribution in [0.3, 0.4) is 0 Å². The van der Waals surface area contributed by atoms with Gasteiger partial charge >= 0.3 is 0 Å². The van der Waals surface area contributed by atoms with Gasteiger partial charge in [0.2, 0.25) is 0 Å². The van der Waals surface area contributed by atoms with Crippen LogP contribution in [0.15, 0.2) is 84.2 Å². The molecule has 1 aliphatic heterocycles. The maximum atomic E-state index is 13.7. The molecule has 2 heterocycles. The lowest BCUT2D eigenvalue weighted by atomic mass is 9.99. The molecule has 0 saturated carbocycles. The number of carbonyl (C=O) groups excluding carboxylic acids is 2. The largest absolute Gasteiger partial charge is 0.497 e. The lowest BCUT2D eigenvalue weighted by Gasteiger charge is -2.34. The molecule has 2 amide bonds. The maximum Gasteiger partial charge on any atom is 0.254 e. The third kappa shape index (κ3) is 8.11. The summed E-state index contributed by atoms with van der Waals surface area (Å²) in [5.41, 5.74) is 3.84. The smallest absolute Gasteiger partial charge is 0.254 e. The molecule has 8 nitrogen and oxygen atoms in total. The Hall–Kier alpha value is -4.05. The van der Waals surface area contributed by atoms with Gasteiger partial charge in [-0.15, -0.1) is 11.3 Å². The number of hydrogen-bond donors (Lipinski definition) is 3. The minimum absolute atomic E-state index is 0.0534. The SMILES string of the molecule is COc1cccc(CNC[C@@H](O)[C@H](Cc2ccccc2)NC(=O)c2cccc(C(=O)N3CCCCC3c3nc(C)cs3)c2)c1. The van der Waals surface area contributed by atoms with Gasteiger partial charge in [-0.3, -0.25) is 9.59 Å². The predicted molar refractivity (Wildman–Crippen MR) is 173 cm³/mol. The van der Waals surface area contributed by atoms with Gasteiger partial charge < -0.3 is 25.4 Å². The number of thiazole rings is 1. The average molecular weight is 613 g/mol. The van der Waals surface area contributed by atoms with E-state index in [2.05, 4.69) is 15.6 Å². The minimum atomic E-state index is -0.856. The fraction of sp³-hybridized carbons (Fsp3) is 0.343. The Morgan fingerprint density at radius 1 is 1.02 bits per heavy atom. The van der Waals surface area contributed by atoms with Crippen molar-refractivity contribution in [2.75, 3.05) is 20.2 Å². The molecule has 1 aliphatic rings. The number of aryl methyl sites for hydroxylation is 1. The van der Waals surface area contributed by atoms with E-state index in [9.17, 15) is 14.7 Å². The molecule has 0 radical (unpaired) electrons. The second kappa shape index (κ2) is 15.1. The van der Waals surface area contributed by atoms with Crippen molar-refractivity contribution in [3.8, 4) is 5.75 Å². The zero-order valence-corrected chi connectivity index (χ0v) is 26.1. The number of amides is 2. The fourth-order valence-electron chi connectivity index (χ4n) is 5.61. The van der Waals surface area contributed by atoms with E-state index in [1.165, 1.54) is 0 Å². The first kappa shape index (κ1) is 31.4. The molecule has 3 aromatic carbocycles. The quantitative estimate of drug-likeness (QED) is 0.200. The summed E-state index contributed by atoms with van der Waals surface area (Å²) in [6, 6.07) is 23.8. The number of hydrogen-bond acceptors (Lipinski definition) is 7. The van der Waals surface area contributed by atoms with E-state index in [1.54, 1.807) is 42.7 Å². The van der Waals surface area contributed by atoms with E-state index in [0.29, 0.717) is 30.6 Å². The zero-order valence-electron chi connectivity index (χ0n) is 25.2. The fourth-order valence-corrected chi connectivity index (χ4v) is 6.55. The average Bonchev–Trinajstić information content (AvgIpc) is 3.50. The van der Waals surface area contributed by atoms with Gasteiger partial charge in [-0.25, -0.2) is 4.98 Å². The number of nitrogens with zero attached hydrogens (tertiary/aromatic N) is 2. The van der Waals surface area contributed by atoms with Crippen molar-refractivity contribution in [2.24, 2.45) is 0 Å². The van der Waals surface area contributed by atoms with Crippen LogP contribution in [0.2, 0.25) is 0 Å². The molecule has 3 N–H and O–H groups in total. The molecule has 9 heteroatoms. The lowest BCUT2D eigenvalue weighted by molar-refractivity contribution is 0.0611. The number of benzene rings is 3. The van der Waals surface area contributed by atoms with Crippen molar-refractivity contribution in [1.29, 1.82) is 0 Å². The Labute approximate surface area is 263 Å². The van der Waals surface area contributed by atoms with Crippen LogP contribution < -0.4 is 15.4 Å². The summed E-state index contributed by atoms with van der Waals surface area (Å²) in [6.07, 6.45) is 2.47. The summed E-state index contributed by atoms with van der Waals surface area (Å²) < 4.78 is 5.31. The summed E-state index contributed by atoms with van der Waals surface area (Å²) >= 11 is 1.59. The van der Waals surface area contributed by atoms with Gasteiger partial charge in [0.05, 0.1) is 25.3 Å². The highest BCUT2D eigenvalue weighted by Crippen LogP contribution is 2.34. The zero-order chi connectivity index (χ0) is 30.9. The monoisotopic (exact) mass is 612 g/mol. The third-order valence-electron chi connectivity index (χ3n) is 7.95. The van der Waals surface area contributed by atoms with Gasteiger partial charge in [0.15, 0.2) is 0 Å². The van der Waals surface area contributed by atoms with Gasteiger partial charge in [0, 0.05) is 41.8 Å². The van der Waals surface area contributed by atoms with Gasteiger partial charge in [-0.1, -0.05) is 48.5 Å². The number of aliphatic hydroxyl groups excluding tert-OH is 1. The van der Waals surface area contributed by atoms with Crippen LogP contribution in [0.1, 0.15) is 67.8 Å². The van der Waals surface area contributed by atoms with Gasteiger partial charge in [0.1, 0.15) is 10.8 Å². The molecular weight excluding hydrogens is 572 g/mol. The molecule has 44 heavy (non-hydrogen) atoms. The normalized spacial score (nSPS) is 16.2. The van der Waals surface area contributed by atoms with Gasteiger partial charge in [0.25, 0.3) is 11.8 Å². The number of ether oxygens (including phenoxy) is 1. The third-order valence-corrected chi connectivity index (χ3v) is 9.02. The highest BCUT2D eigenvalue weighted by molar-refractivity contribution is 7.09. The second-order valence-electron chi connectivity index (χ2n) is 11.2. The van der Waals surface area contributed by atoms with Crippen LogP contribution in [-0.2, 0) is 13.0 Å². The Balaban J connectivity index is 1.28. The molecule has 4 aromatic rings. The van der Waals surface area contributed by atoms with E-state index >= 15 is 0 Å². The summed E-state index contributed by atoms with van der Waals surface area (Å²) in [5.74, 6) is 0.340. The molecule has 1 saturated heterocycles. The Morgan fingerprint density at radius 3 is 2.57 bits per heavy atom. The van der Waals surface area contributed by atoms with E-state index in [-0.39, 0.29) is 24.4 Å².